The van der Waals surface area contributed by atoms with Crippen LogP contribution in [0.1, 0.15) is 15.9 Å². The first-order valence-corrected chi connectivity index (χ1v) is 6.85. The molecule has 0 aliphatic carbocycles. The summed E-state index contributed by atoms with van der Waals surface area (Å²) in [6.45, 7) is 0.980. The largest absolute Gasteiger partial charge is 0.294 e. The highest BCUT2D eigenvalue weighted by molar-refractivity contribution is 6.42. The minimum absolute atomic E-state index is 0.00922. The second kappa shape index (κ2) is 6.39. The summed E-state index contributed by atoms with van der Waals surface area (Å²) in [5.41, 5.74) is 1.63. The zero-order chi connectivity index (χ0) is 14.7. The van der Waals surface area contributed by atoms with Gasteiger partial charge in [0.1, 0.15) is 0 Å². The molecule has 1 aromatic carbocycles. The fourth-order valence-electron chi connectivity index (χ4n) is 1.93. The number of ketones is 1. The van der Waals surface area contributed by atoms with Crippen molar-refractivity contribution in [1.82, 2.24) is 14.7 Å². The summed E-state index contributed by atoms with van der Waals surface area (Å²) in [5, 5.41) is 4.95. The summed E-state index contributed by atoms with van der Waals surface area (Å²) < 4.78 is 1.74. The van der Waals surface area contributed by atoms with E-state index in [1.54, 1.807) is 29.1 Å². The van der Waals surface area contributed by atoms with Gasteiger partial charge in [-0.1, -0.05) is 23.2 Å². The van der Waals surface area contributed by atoms with Crippen LogP contribution < -0.4 is 0 Å². The van der Waals surface area contributed by atoms with Gasteiger partial charge in [-0.25, -0.2) is 0 Å². The van der Waals surface area contributed by atoms with E-state index in [2.05, 4.69) is 5.10 Å². The Balaban J connectivity index is 1.98. The number of hydrogen-bond acceptors (Lipinski definition) is 3. The Morgan fingerprint density at radius 3 is 2.70 bits per heavy atom. The Morgan fingerprint density at radius 2 is 2.10 bits per heavy atom. The van der Waals surface area contributed by atoms with Gasteiger partial charge >= 0.3 is 0 Å². The van der Waals surface area contributed by atoms with Crippen LogP contribution in [0.2, 0.25) is 10.0 Å². The summed E-state index contributed by atoms with van der Waals surface area (Å²) in [7, 11) is 3.76. The monoisotopic (exact) mass is 311 g/mol. The standard InChI is InChI=1S/C14H15Cl2N3O/c1-18(7-10-6-17-19(2)8-10)9-14(20)11-3-4-12(15)13(16)5-11/h3-6,8H,7,9H2,1-2H3. The van der Waals surface area contributed by atoms with Crippen LogP contribution in [0, 0.1) is 0 Å². The second-order valence-corrected chi connectivity index (χ2v) is 5.56. The molecule has 0 radical (unpaired) electrons. The number of aryl methyl sites for hydroxylation is 1. The Bertz CT molecular complexity index is 625. The summed E-state index contributed by atoms with van der Waals surface area (Å²) in [6.07, 6.45) is 3.72. The lowest BCUT2D eigenvalue weighted by Gasteiger charge is -2.14. The molecule has 6 heteroatoms. The molecule has 20 heavy (non-hydrogen) atoms. The van der Waals surface area contributed by atoms with Crippen molar-refractivity contribution in [1.29, 1.82) is 0 Å². The Hall–Kier alpha value is -1.36. The van der Waals surface area contributed by atoms with Gasteiger partial charge in [-0.2, -0.15) is 5.10 Å². The van der Waals surface area contributed by atoms with Crippen molar-refractivity contribution < 1.29 is 4.79 Å². The van der Waals surface area contributed by atoms with E-state index in [-0.39, 0.29) is 5.78 Å². The number of carbonyl (C=O) groups is 1. The molecule has 0 bridgehead atoms. The number of Topliss-reactive ketones (excluding diaryl/α,β-unsaturated/α-hetero) is 1. The SMILES string of the molecule is CN(CC(=O)c1ccc(Cl)c(Cl)c1)Cc1cnn(C)c1. The van der Waals surface area contributed by atoms with Gasteiger partial charge in [0.05, 0.1) is 22.8 Å². The topological polar surface area (TPSA) is 38.1 Å². The van der Waals surface area contributed by atoms with Crippen LogP contribution in [0.4, 0.5) is 0 Å². The third kappa shape index (κ3) is 3.82. The third-order valence-corrected chi connectivity index (χ3v) is 3.60. The Kier molecular flexibility index (Phi) is 4.81. The van der Waals surface area contributed by atoms with Crippen LogP contribution in [-0.4, -0.2) is 34.1 Å². The van der Waals surface area contributed by atoms with Gasteiger partial charge in [0.2, 0.25) is 0 Å². The number of aromatic nitrogens is 2. The van der Waals surface area contributed by atoms with Crippen LogP contribution in [0.5, 0.6) is 0 Å². The number of rotatable bonds is 5. The van der Waals surface area contributed by atoms with Crippen molar-refractivity contribution in [3.8, 4) is 0 Å². The van der Waals surface area contributed by atoms with E-state index >= 15 is 0 Å². The summed E-state index contributed by atoms with van der Waals surface area (Å²) in [4.78, 5) is 14.1. The quantitative estimate of drug-likeness (QED) is 0.797. The van der Waals surface area contributed by atoms with Crippen molar-refractivity contribution in [2.24, 2.45) is 7.05 Å². The predicted molar refractivity (Wildman–Crippen MR) is 80.3 cm³/mol. The first-order valence-electron chi connectivity index (χ1n) is 6.10. The van der Waals surface area contributed by atoms with Crippen molar-refractivity contribution in [3.63, 3.8) is 0 Å². The van der Waals surface area contributed by atoms with Crippen molar-refractivity contribution in [2.75, 3.05) is 13.6 Å². The number of halogens is 2. The normalized spacial score (nSPS) is 11.1. The lowest BCUT2D eigenvalue weighted by atomic mass is 10.1. The van der Waals surface area contributed by atoms with E-state index in [9.17, 15) is 4.79 Å². The highest BCUT2D eigenvalue weighted by Gasteiger charge is 2.12. The molecule has 0 unspecified atom stereocenters. The minimum Gasteiger partial charge on any atom is -0.294 e. The zero-order valence-electron chi connectivity index (χ0n) is 11.3. The molecule has 0 saturated heterocycles. The molecule has 0 N–H and O–H groups in total. The van der Waals surface area contributed by atoms with Gasteiger partial charge in [-0.05, 0) is 25.2 Å². The molecular formula is C14H15Cl2N3O. The van der Waals surface area contributed by atoms with Gasteiger partial charge in [0.15, 0.2) is 5.78 Å². The van der Waals surface area contributed by atoms with Gasteiger partial charge in [0.25, 0.3) is 0 Å². The van der Waals surface area contributed by atoms with Gasteiger partial charge in [-0.15, -0.1) is 0 Å². The van der Waals surface area contributed by atoms with Gasteiger partial charge in [0, 0.05) is 30.9 Å². The van der Waals surface area contributed by atoms with E-state index in [1.165, 1.54) is 0 Å². The van der Waals surface area contributed by atoms with E-state index in [0.29, 0.717) is 28.7 Å². The molecule has 0 aliphatic rings. The average molecular weight is 312 g/mol. The molecule has 0 fully saturated rings. The molecule has 0 amide bonds. The third-order valence-electron chi connectivity index (χ3n) is 2.87. The van der Waals surface area contributed by atoms with Gasteiger partial charge < -0.3 is 0 Å². The molecule has 2 rings (SSSR count). The first kappa shape index (κ1) is 15.0. The first-order chi connectivity index (χ1) is 9.45. The van der Waals surface area contributed by atoms with E-state index in [1.807, 2.05) is 25.2 Å². The van der Waals surface area contributed by atoms with Crippen LogP contribution in [-0.2, 0) is 13.6 Å². The Labute approximate surface area is 127 Å². The highest BCUT2D eigenvalue weighted by atomic mass is 35.5. The summed E-state index contributed by atoms with van der Waals surface area (Å²) in [5.74, 6) is 0.00922. The van der Waals surface area contributed by atoms with Crippen molar-refractivity contribution in [3.05, 3.63) is 51.8 Å². The van der Waals surface area contributed by atoms with Crippen LogP contribution in [0.3, 0.4) is 0 Å². The maximum atomic E-state index is 12.1. The fraction of sp³-hybridized carbons (Fsp3) is 0.286. The summed E-state index contributed by atoms with van der Waals surface area (Å²) >= 11 is 11.8. The van der Waals surface area contributed by atoms with Crippen LogP contribution in [0.25, 0.3) is 0 Å². The average Bonchev–Trinajstić information content (AvgIpc) is 2.77. The molecule has 106 valence electrons. The van der Waals surface area contributed by atoms with Crippen LogP contribution >= 0.6 is 23.2 Å². The Morgan fingerprint density at radius 1 is 1.35 bits per heavy atom. The zero-order valence-corrected chi connectivity index (χ0v) is 12.8. The minimum atomic E-state index is 0.00922. The number of nitrogens with zero attached hydrogens (tertiary/aromatic N) is 3. The van der Waals surface area contributed by atoms with Gasteiger partial charge in [-0.3, -0.25) is 14.4 Å². The molecule has 0 saturated carbocycles. The molecule has 1 heterocycles. The molecule has 0 atom stereocenters. The highest BCUT2D eigenvalue weighted by Crippen LogP contribution is 2.22. The molecule has 0 spiro atoms. The summed E-state index contributed by atoms with van der Waals surface area (Å²) in [6, 6.07) is 4.93. The number of likely N-dealkylation sites (N-methyl/N-ethyl adjacent to an activating group) is 1. The molecule has 1 aromatic heterocycles. The second-order valence-electron chi connectivity index (χ2n) is 4.75. The van der Waals surface area contributed by atoms with Crippen LogP contribution in [0.15, 0.2) is 30.6 Å². The number of carbonyl (C=O) groups excluding carboxylic acids is 1. The maximum Gasteiger partial charge on any atom is 0.176 e. The fourth-order valence-corrected chi connectivity index (χ4v) is 2.23. The molecular weight excluding hydrogens is 297 g/mol. The molecule has 2 aromatic rings. The number of benzene rings is 1. The van der Waals surface area contributed by atoms with E-state index in [4.69, 9.17) is 23.2 Å². The maximum absolute atomic E-state index is 12.1. The molecule has 0 aliphatic heterocycles. The predicted octanol–water partition coefficient (Wildman–Crippen LogP) is 3.04. The van der Waals surface area contributed by atoms with E-state index < -0.39 is 0 Å². The lowest BCUT2D eigenvalue weighted by molar-refractivity contribution is 0.0943. The lowest BCUT2D eigenvalue weighted by Crippen LogP contribution is -2.25. The van der Waals surface area contributed by atoms with Crippen molar-refractivity contribution >= 4 is 29.0 Å². The van der Waals surface area contributed by atoms with Crippen molar-refractivity contribution in [2.45, 2.75) is 6.54 Å². The molecule has 4 nitrogen and oxygen atoms in total. The van der Waals surface area contributed by atoms with E-state index in [0.717, 1.165) is 5.56 Å². The smallest absolute Gasteiger partial charge is 0.176 e. The number of hydrogen-bond donors (Lipinski definition) is 0.